The Morgan fingerprint density at radius 2 is 1.67 bits per heavy atom. The van der Waals surface area contributed by atoms with Gasteiger partial charge in [-0.05, 0) is 54.8 Å². The molecule has 3 aromatic carbocycles. The van der Waals surface area contributed by atoms with E-state index >= 15 is 0 Å². The van der Waals surface area contributed by atoms with Crippen molar-refractivity contribution in [1.82, 2.24) is 9.80 Å². The number of amides is 1. The van der Waals surface area contributed by atoms with Crippen molar-refractivity contribution < 1.29 is 19.7 Å². The summed E-state index contributed by atoms with van der Waals surface area (Å²) >= 11 is 1.76. The number of hydrogen-bond donors (Lipinski definition) is 2. The third-order valence-electron chi connectivity index (χ3n) is 7.15. The lowest BCUT2D eigenvalue weighted by molar-refractivity contribution is -0.127. The smallest absolute Gasteiger partial charge is 0.222 e. The van der Waals surface area contributed by atoms with E-state index in [9.17, 15) is 15.0 Å². The Kier molecular flexibility index (Phi) is 9.42. The molecule has 206 valence electrons. The van der Waals surface area contributed by atoms with Crippen molar-refractivity contribution in [3.05, 3.63) is 78.4 Å². The predicted molar refractivity (Wildman–Crippen MR) is 155 cm³/mol. The summed E-state index contributed by atoms with van der Waals surface area (Å²) in [6, 6.07) is 24.6. The highest BCUT2D eigenvalue weighted by atomic mass is 32.2. The van der Waals surface area contributed by atoms with Gasteiger partial charge in [0.1, 0.15) is 5.75 Å². The minimum absolute atomic E-state index is 0.0272. The Morgan fingerprint density at radius 3 is 2.31 bits per heavy atom. The number of rotatable bonds is 13. The Hall–Kier alpha value is -3.04. The molecule has 0 bridgehead atoms. The fourth-order valence-electron chi connectivity index (χ4n) is 5.26. The van der Waals surface area contributed by atoms with E-state index in [0.29, 0.717) is 39.2 Å². The van der Waals surface area contributed by atoms with Crippen molar-refractivity contribution in [1.29, 1.82) is 0 Å². The molecule has 0 aliphatic carbocycles. The van der Waals surface area contributed by atoms with Crippen LogP contribution in [0.4, 0.5) is 11.4 Å². The van der Waals surface area contributed by atoms with Crippen molar-refractivity contribution in [3.8, 4) is 5.75 Å². The van der Waals surface area contributed by atoms with Crippen LogP contribution in [-0.4, -0.2) is 78.0 Å². The van der Waals surface area contributed by atoms with Crippen LogP contribution in [0.3, 0.4) is 0 Å². The summed E-state index contributed by atoms with van der Waals surface area (Å²) in [5.74, 6) is 1.06. The summed E-state index contributed by atoms with van der Waals surface area (Å²) < 4.78 is 5.88. The van der Waals surface area contributed by atoms with E-state index in [1.165, 1.54) is 9.79 Å². The van der Waals surface area contributed by atoms with E-state index in [1.807, 2.05) is 53.4 Å². The van der Waals surface area contributed by atoms with E-state index in [0.717, 1.165) is 48.6 Å². The minimum Gasteiger partial charge on any atom is -0.494 e. The molecule has 0 spiro atoms. The monoisotopic (exact) mass is 547 g/mol. The first kappa shape index (κ1) is 27.5. The van der Waals surface area contributed by atoms with Gasteiger partial charge in [0.15, 0.2) is 0 Å². The molecule has 2 heterocycles. The molecule has 7 nitrogen and oxygen atoms in total. The number of anilines is 2. The van der Waals surface area contributed by atoms with Crippen molar-refractivity contribution in [2.24, 2.45) is 0 Å². The topological polar surface area (TPSA) is 76.5 Å². The van der Waals surface area contributed by atoms with Gasteiger partial charge in [-0.25, -0.2) is 0 Å². The van der Waals surface area contributed by atoms with Crippen LogP contribution < -0.4 is 9.64 Å². The molecule has 0 radical (unpaired) electrons. The number of ether oxygens (including phenoxy) is 1. The molecule has 39 heavy (non-hydrogen) atoms. The number of para-hydroxylation sites is 2. The van der Waals surface area contributed by atoms with E-state index in [4.69, 9.17) is 4.74 Å². The molecular weight excluding hydrogens is 510 g/mol. The van der Waals surface area contributed by atoms with Crippen LogP contribution in [0.25, 0.3) is 0 Å². The van der Waals surface area contributed by atoms with Crippen molar-refractivity contribution in [3.63, 3.8) is 0 Å². The first-order chi connectivity index (χ1) is 19.1. The largest absolute Gasteiger partial charge is 0.494 e. The van der Waals surface area contributed by atoms with Gasteiger partial charge in [-0.15, -0.1) is 0 Å². The van der Waals surface area contributed by atoms with Crippen LogP contribution in [0.2, 0.25) is 0 Å². The Bertz CT molecular complexity index is 1190. The van der Waals surface area contributed by atoms with Crippen LogP contribution in [0.5, 0.6) is 5.75 Å². The third-order valence-corrected chi connectivity index (χ3v) is 8.28. The Labute approximate surface area is 235 Å². The Morgan fingerprint density at radius 1 is 0.974 bits per heavy atom. The van der Waals surface area contributed by atoms with Crippen LogP contribution in [0, 0.1) is 0 Å². The van der Waals surface area contributed by atoms with Crippen LogP contribution in [0.1, 0.15) is 24.8 Å². The molecule has 2 N–H and O–H groups in total. The lowest BCUT2D eigenvalue weighted by atomic mass is 10.1. The second-order valence-corrected chi connectivity index (χ2v) is 11.2. The summed E-state index contributed by atoms with van der Waals surface area (Å²) in [4.78, 5) is 20.3. The molecule has 0 saturated carbocycles. The number of carbonyl (C=O) groups excluding carboxylic acids is 1. The van der Waals surface area contributed by atoms with Gasteiger partial charge >= 0.3 is 0 Å². The molecule has 5 rings (SSSR count). The maximum atomic E-state index is 11.7. The normalized spacial score (nSPS) is 15.4. The van der Waals surface area contributed by atoms with E-state index in [1.54, 1.807) is 11.8 Å². The fourth-order valence-corrected chi connectivity index (χ4v) is 6.35. The zero-order valence-electron chi connectivity index (χ0n) is 22.2. The minimum atomic E-state index is -0.606. The number of aliphatic hydroxyl groups is 2. The van der Waals surface area contributed by atoms with Gasteiger partial charge in [0, 0.05) is 48.9 Å². The van der Waals surface area contributed by atoms with E-state index < -0.39 is 6.10 Å². The molecule has 2 aliphatic heterocycles. The summed E-state index contributed by atoms with van der Waals surface area (Å²) in [5, 5.41) is 20.9. The molecule has 1 unspecified atom stereocenters. The van der Waals surface area contributed by atoms with Crippen molar-refractivity contribution in [2.75, 3.05) is 50.8 Å². The molecule has 1 atom stereocenters. The second kappa shape index (κ2) is 13.3. The zero-order chi connectivity index (χ0) is 27.0. The summed E-state index contributed by atoms with van der Waals surface area (Å²) in [6.07, 6.45) is 1.85. The number of β-amino-alcohol motifs (C(OH)–C–C–N with tert-alkyl or cyclic N) is 1. The van der Waals surface area contributed by atoms with E-state index in [-0.39, 0.29) is 12.5 Å². The van der Waals surface area contributed by atoms with Crippen molar-refractivity contribution in [2.45, 2.75) is 41.7 Å². The highest BCUT2D eigenvalue weighted by Gasteiger charge is 2.25. The van der Waals surface area contributed by atoms with Crippen LogP contribution >= 0.6 is 11.8 Å². The van der Waals surface area contributed by atoms with Crippen LogP contribution in [-0.2, 0) is 11.3 Å². The number of hydrogen-bond acceptors (Lipinski definition) is 7. The number of likely N-dealkylation sites (tertiary alicyclic amines) is 1. The third kappa shape index (κ3) is 7.13. The fraction of sp³-hybridized carbons (Fsp3) is 0.387. The molecule has 1 amide bonds. The van der Waals surface area contributed by atoms with Gasteiger partial charge in [-0.1, -0.05) is 48.2 Å². The van der Waals surface area contributed by atoms with Gasteiger partial charge in [-0.3, -0.25) is 9.69 Å². The molecule has 2 aliphatic rings. The molecule has 1 saturated heterocycles. The van der Waals surface area contributed by atoms with Gasteiger partial charge in [0.05, 0.1) is 37.2 Å². The predicted octanol–water partition coefficient (Wildman–Crippen LogP) is 4.54. The average molecular weight is 548 g/mol. The van der Waals surface area contributed by atoms with Gasteiger partial charge < -0.3 is 24.7 Å². The standard InChI is InChI=1S/C31H37N3O4S/c35-19-18-32(21-24-12-14-26(15-13-24)38-20-6-17-33-16-5-11-31(33)37)22-25(36)23-34-27-7-1-3-9-29(27)39-30-10-4-2-8-28(30)34/h1-4,7-10,12-15,25,35-36H,5-6,11,16-23H2. The summed E-state index contributed by atoms with van der Waals surface area (Å²) in [5.41, 5.74) is 3.31. The summed E-state index contributed by atoms with van der Waals surface area (Å²) in [7, 11) is 0. The second-order valence-electron chi connectivity index (χ2n) is 10.1. The maximum Gasteiger partial charge on any atom is 0.222 e. The zero-order valence-corrected chi connectivity index (χ0v) is 23.1. The molecule has 3 aromatic rings. The number of fused-ring (bicyclic) bond motifs is 2. The van der Waals surface area contributed by atoms with Gasteiger partial charge in [0.2, 0.25) is 5.91 Å². The first-order valence-corrected chi connectivity index (χ1v) is 14.6. The summed E-state index contributed by atoms with van der Waals surface area (Å²) in [6.45, 7) is 4.24. The van der Waals surface area contributed by atoms with Crippen molar-refractivity contribution >= 4 is 29.0 Å². The quantitative estimate of drug-likeness (QED) is 0.305. The Balaban J connectivity index is 1.15. The van der Waals surface area contributed by atoms with Gasteiger partial charge in [-0.2, -0.15) is 0 Å². The SMILES string of the molecule is O=C1CCCN1CCCOc1ccc(CN(CCO)CC(O)CN2c3ccccc3Sc3ccccc32)cc1. The number of carbonyl (C=O) groups is 1. The van der Waals surface area contributed by atoms with Gasteiger partial charge in [0.25, 0.3) is 0 Å². The van der Waals surface area contributed by atoms with E-state index in [2.05, 4.69) is 34.1 Å². The lowest BCUT2D eigenvalue weighted by Gasteiger charge is -2.35. The number of nitrogens with zero attached hydrogens (tertiary/aromatic N) is 3. The molecule has 0 aromatic heterocycles. The first-order valence-electron chi connectivity index (χ1n) is 13.7. The maximum absolute atomic E-state index is 11.7. The average Bonchev–Trinajstić information content (AvgIpc) is 3.36. The highest BCUT2D eigenvalue weighted by molar-refractivity contribution is 7.99. The highest BCUT2D eigenvalue weighted by Crippen LogP contribution is 2.47. The lowest BCUT2D eigenvalue weighted by Crippen LogP contribution is -2.40. The number of benzene rings is 3. The number of aliphatic hydroxyl groups excluding tert-OH is 2. The molecule has 8 heteroatoms. The molecule has 1 fully saturated rings. The molecular formula is C31H37N3O4S. The van der Waals surface area contributed by atoms with Crippen LogP contribution in [0.15, 0.2) is 82.6 Å².